The van der Waals surface area contributed by atoms with Crippen molar-refractivity contribution in [3.8, 4) is 5.75 Å². The van der Waals surface area contributed by atoms with Gasteiger partial charge in [0, 0.05) is 29.5 Å². The molecule has 2 aliphatic heterocycles. The van der Waals surface area contributed by atoms with E-state index in [0.717, 1.165) is 30.1 Å². The van der Waals surface area contributed by atoms with Crippen molar-refractivity contribution >= 4 is 11.6 Å². The largest absolute Gasteiger partial charge is 0.490 e. The van der Waals surface area contributed by atoms with Crippen molar-refractivity contribution in [3.63, 3.8) is 0 Å². The zero-order valence-corrected chi connectivity index (χ0v) is 19.5. The van der Waals surface area contributed by atoms with Crippen LogP contribution >= 0.6 is 11.6 Å². The van der Waals surface area contributed by atoms with Crippen molar-refractivity contribution in [3.05, 3.63) is 64.2 Å². The van der Waals surface area contributed by atoms with E-state index in [4.69, 9.17) is 30.5 Å². The van der Waals surface area contributed by atoms with Gasteiger partial charge < -0.3 is 39.4 Å². The van der Waals surface area contributed by atoms with Crippen LogP contribution in [0.1, 0.15) is 16.7 Å². The summed E-state index contributed by atoms with van der Waals surface area (Å²) in [5.41, 5.74) is 2.18. The SMILES string of the molecule is COC1(c2ccc(Cl)c(Cc3ccc(OC4C5COCC54)cc3)c2)OC(CO)C(O)C(O)C1O. The van der Waals surface area contributed by atoms with Gasteiger partial charge in [0.1, 0.15) is 36.3 Å². The van der Waals surface area contributed by atoms with Gasteiger partial charge in [-0.3, -0.25) is 0 Å². The van der Waals surface area contributed by atoms with Crippen LogP contribution in [-0.4, -0.2) is 77.9 Å². The zero-order chi connectivity index (χ0) is 24.0. The molecule has 0 bridgehead atoms. The normalized spacial score (nSPS) is 36.8. The fourth-order valence-corrected chi connectivity index (χ4v) is 5.20. The first kappa shape index (κ1) is 24.0. The summed E-state index contributed by atoms with van der Waals surface area (Å²) in [4.78, 5) is 0. The van der Waals surface area contributed by atoms with Gasteiger partial charge in [0.2, 0.25) is 5.79 Å². The highest BCUT2D eigenvalue weighted by Gasteiger charge is 2.56. The highest BCUT2D eigenvalue weighted by atomic mass is 35.5. The highest BCUT2D eigenvalue weighted by molar-refractivity contribution is 6.31. The summed E-state index contributed by atoms with van der Waals surface area (Å²) in [5, 5.41) is 41.3. The van der Waals surface area contributed by atoms with E-state index in [1.807, 2.05) is 24.3 Å². The standard InChI is InChI=1S/C25H29ClO8/c1-31-25(24(30)22(29)21(28)20(10-27)34-25)15-4-7-19(26)14(9-15)8-13-2-5-16(6-3-13)33-23-17-11-32-12-18(17)23/h2-7,9,17-18,20-24,27-30H,8,10-12H2,1H3. The van der Waals surface area contributed by atoms with Crippen LogP contribution in [0, 0.1) is 11.8 Å². The molecule has 1 saturated carbocycles. The Bertz CT molecular complexity index is 1000. The Hall–Kier alpha value is -1.75. The van der Waals surface area contributed by atoms with E-state index in [9.17, 15) is 20.4 Å². The fourth-order valence-electron chi connectivity index (χ4n) is 5.02. The van der Waals surface area contributed by atoms with Crippen LogP contribution in [0.15, 0.2) is 42.5 Å². The molecule has 7 unspecified atom stereocenters. The van der Waals surface area contributed by atoms with Gasteiger partial charge in [0.15, 0.2) is 0 Å². The fraction of sp³-hybridized carbons (Fsp3) is 0.520. The third-order valence-electron chi connectivity index (χ3n) is 7.17. The lowest BCUT2D eigenvalue weighted by Crippen LogP contribution is -2.64. The number of methoxy groups -OCH3 is 1. The molecule has 2 aromatic rings. The second-order valence-electron chi connectivity index (χ2n) is 9.21. The predicted octanol–water partition coefficient (Wildman–Crippen LogP) is 1.23. The minimum absolute atomic E-state index is 0.245. The smallest absolute Gasteiger partial charge is 0.224 e. The van der Waals surface area contributed by atoms with Crippen molar-refractivity contribution in [2.45, 2.75) is 42.7 Å². The molecule has 3 aliphatic rings. The highest BCUT2D eigenvalue weighted by Crippen LogP contribution is 2.46. The molecule has 9 heteroatoms. The van der Waals surface area contributed by atoms with E-state index in [-0.39, 0.29) is 6.10 Å². The van der Waals surface area contributed by atoms with Crippen molar-refractivity contribution < 1.29 is 39.4 Å². The topological polar surface area (TPSA) is 118 Å². The molecule has 1 aliphatic carbocycles. The van der Waals surface area contributed by atoms with Gasteiger partial charge in [-0.25, -0.2) is 0 Å². The van der Waals surface area contributed by atoms with E-state index in [1.165, 1.54) is 7.11 Å². The molecule has 2 saturated heterocycles. The summed E-state index contributed by atoms with van der Waals surface area (Å²) >= 11 is 6.47. The van der Waals surface area contributed by atoms with Crippen LogP contribution < -0.4 is 4.74 Å². The monoisotopic (exact) mass is 492 g/mol. The Morgan fingerprint density at radius 1 is 1.03 bits per heavy atom. The second-order valence-corrected chi connectivity index (χ2v) is 9.62. The molecule has 0 amide bonds. The lowest BCUT2D eigenvalue weighted by atomic mass is 9.87. The van der Waals surface area contributed by atoms with Crippen LogP contribution in [0.3, 0.4) is 0 Å². The Morgan fingerprint density at radius 3 is 2.38 bits per heavy atom. The number of hydrogen-bond donors (Lipinski definition) is 4. The number of benzene rings is 2. The third-order valence-corrected chi connectivity index (χ3v) is 7.53. The summed E-state index contributed by atoms with van der Waals surface area (Å²) in [6, 6.07) is 12.9. The summed E-state index contributed by atoms with van der Waals surface area (Å²) in [6.07, 6.45) is -5.02. The minimum atomic E-state index is -1.78. The molecule has 2 aromatic carbocycles. The van der Waals surface area contributed by atoms with Crippen LogP contribution in [0.25, 0.3) is 0 Å². The molecule has 8 nitrogen and oxygen atoms in total. The Kier molecular flexibility index (Phi) is 6.60. The maximum atomic E-state index is 10.7. The van der Waals surface area contributed by atoms with Gasteiger partial charge in [-0.15, -0.1) is 0 Å². The molecule has 184 valence electrons. The number of halogens is 1. The zero-order valence-electron chi connectivity index (χ0n) is 18.7. The Morgan fingerprint density at radius 2 is 1.74 bits per heavy atom. The molecule has 3 fully saturated rings. The van der Waals surface area contributed by atoms with E-state index < -0.39 is 36.8 Å². The number of aliphatic hydroxyl groups is 4. The Labute approximate surface area is 202 Å². The van der Waals surface area contributed by atoms with E-state index in [1.54, 1.807) is 18.2 Å². The minimum Gasteiger partial charge on any atom is -0.490 e. The van der Waals surface area contributed by atoms with Gasteiger partial charge in [0.05, 0.1) is 19.8 Å². The average molecular weight is 493 g/mol. The second kappa shape index (κ2) is 9.37. The van der Waals surface area contributed by atoms with Gasteiger partial charge in [-0.1, -0.05) is 29.8 Å². The summed E-state index contributed by atoms with van der Waals surface area (Å²) in [7, 11) is 1.33. The lowest BCUT2D eigenvalue weighted by molar-refractivity contribution is -0.366. The predicted molar refractivity (Wildman–Crippen MR) is 122 cm³/mol. The van der Waals surface area contributed by atoms with E-state index >= 15 is 0 Å². The van der Waals surface area contributed by atoms with E-state index in [0.29, 0.717) is 28.8 Å². The first-order chi connectivity index (χ1) is 16.4. The van der Waals surface area contributed by atoms with Crippen molar-refractivity contribution in [2.24, 2.45) is 11.8 Å². The van der Waals surface area contributed by atoms with Gasteiger partial charge >= 0.3 is 0 Å². The number of hydrogen-bond acceptors (Lipinski definition) is 8. The number of aliphatic hydroxyl groups excluding tert-OH is 4. The van der Waals surface area contributed by atoms with Crippen LogP contribution in [0.2, 0.25) is 5.02 Å². The molecule has 0 spiro atoms. The number of rotatable bonds is 7. The summed E-state index contributed by atoms with van der Waals surface area (Å²) in [6.45, 7) is 0.998. The Balaban J connectivity index is 1.35. The van der Waals surface area contributed by atoms with Gasteiger partial charge in [-0.2, -0.15) is 0 Å². The van der Waals surface area contributed by atoms with Crippen LogP contribution in [-0.2, 0) is 26.4 Å². The first-order valence-electron chi connectivity index (χ1n) is 11.4. The van der Waals surface area contributed by atoms with Crippen molar-refractivity contribution in [1.29, 1.82) is 0 Å². The quantitative estimate of drug-likeness (QED) is 0.456. The average Bonchev–Trinajstić information content (AvgIpc) is 3.25. The molecule has 4 N–H and O–H groups in total. The van der Waals surface area contributed by atoms with E-state index in [2.05, 4.69) is 0 Å². The summed E-state index contributed by atoms with van der Waals surface area (Å²) < 4.78 is 22.8. The van der Waals surface area contributed by atoms with Gasteiger partial charge in [-0.05, 0) is 41.8 Å². The molecule has 0 radical (unpaired) electrons. The van der Waals surface area contributed by atoms with Crippen molar-refractivity contribution in [1.82, 2.24) is 0 Å². The van der Waals surface area contributed by atoms with Crippen LogP contribution in [0.5, 0.6) is 5.75 Å². The molecular weight excluding hydrogens is 464 g/mol. The molecule has 7 atom stereocenters. The molecule has 5 rings (SSSR count). The first-order valence-corrected chi connectivity index (χ1v) is 11.8. The maximum Gasteiger partial charge on any atom is 0.224 e. The lowest BCUT2D eigenvalue weighted by Gasteiger charge is -2.47. The van der Waals surface area contributed by atoms with Crippen LogP contribution in [0.4, 0.5) is 0 Å². The van der Waals surface area contributed by atoms with Crippen molar-refractivity contribution in [2.75, 3.05) is 26.9 Å². The van der Waals surface area contributed by atoms with Gasteiger partial charge in [0.25, 0.3) is 0 Å². The number of ether oxygens (including phenoxy) is 4. The molecule has 34 heavy (non-hydrogen) atoms. The number of fused-ring (bicyclic) bond motifs is 1. The maximum absolute atomic E-state index is 10.7. The third kappa shape index (κ3) is 4.12. The molecule has 2 heterocycles. The molecule has 0 aromatic heterocycles. The molecular formula is C25H29ClO8. The summed E-state index contributed by atoms with van der Waals surface area (Å²) in [5.74, 6) is 0.0610.